The summed E-state index contributed by atoms with van der Waals surface area (Å²) in [4.78, 5) is 17.8. The molecule has 1 atom stereocenters. The van der Waals surface area contributed by atoms with Crippen molar-refractivity contribution in [2.45, 2.75) is 46.3 Å². The maximum absolute atomic E-state index is 13.9. The first kappa shape index (κ1) is 27.5. The van der Waals surface area contributed by atoms with Crippen molar-refractivity contribution in [3.8, 4) is 16.9 Å². The monoisotopic (exact) mass is 533 g/mol. The van der Waals surface area contributed by atoms with Gasteiger partial charge in [0.15, 0.2) is 11.6 Å². The summed E-state index contributed by atoms with van der Waals surface area (Å²) in [5, 5.41) is 4.58. The number of pyridine rings is 1. The number of benzene rings is 1. The van der Waals surface area contributed by atoms with Gasteiger partial charge >= 0.3 is 0 Å². The number of allylic oxidation sites excluding steroid dienone is 2. The lowest BCUT2D eigenvalue weighted by molar-refractivity contribution is -0.127. The number of anilines is 1. The highest BCUT2D eigenvalue weighted by molar-refractivity contribution is 6.36. The molecule has 0 aliphatic carbocycles. The Labute approximate surface area is 220 Å². The van der Waals surface area contributed by atoms with Crippen LogP contribution in [0.15, 0.2) is 48.9 Å². The van der Waals surface area contributed by atoms with E-state index in [4.69, 9.17) is 33.7 Å². The highest BCUT2D eigenvalue weighted by Crippen LogP contribution is 2.36. The minimum Gasteiger partial charge on any atom is -0.482 e. The number of likely N-dealkylation sites (tertiary alicyclic amines) is 1. The number of rotatable bonds is 7. The van der Waals surface area contributed by atoms with Crippen molar-refractivity contribution in [3.63, 3.8) is 0 Å². The molecule has 4 rings (SSSR count). The molecule has 0 bridgehead atoms. The van der Waals surface area contributed by atoms with E-state index in [-0.39, 0.29) is 16.7 Å². The summed E-state index contributed by atoms with van der Waals surface area (Å²) in [5.41, 5.74) is 7.91. The molecule has 1 aliphatic rings. The molecule has 2 aromatic heterocycles. The third-order valence-electron chi connectivity index (χ3n) is 5.74. The molecule has 1 fully saturated rings. The Morgan fingerprint density at radius 2 is 1.94 bits per heavy atom. The standard InChI is InChI=1S/C22H22Cl2FN5O2.C4H8/c1-13(20-16(23)4-5-17(25)21(20)24)32-18-9-14(10-27-22(18)26)15-11-28-30(12-15)8-7-29-6-2-3-19(29)31;1-3-4-2/h4-5,9-13H,2-3,6-8H2,1H3,(H2,26,27);3-4H,1-2H3/b;4-3-. The number of nitrogen functional groups attached to an aromatic ring is 1. The molecule has 0 saturated carbocycles. The molecule has 1 aromatic carbocycles. The lowest BCUT2D eigenvalue weighted by atomic mass is 10.1. The molecular weight excluding hydrogens is 504 g/mol. The van der Waals surface area contributed by atoms with Gasteiger partial charge in [0.1, 0.15) is 11.9 Å². The van der Waals surface area contributed by atoms with E-state index in [1.165, 1.54) is 12.1 Å². The molecule has 1 unspecified atom stereocenters. The minimum absolute atomic E-state index is 0.0922. The van der Waals surface area contributed by atoms with Gasteiger partial charge in [0, 0.05) is 53.6 Å². The molecule has 0 spiro atoms. The van der Waals surface area contributed by atoms with Gasteiger partial charge in [0.2, 0.25) is 5.91 Å². The number of carbonyl (C=O) groups excluding carboxylic acids is 1. The van der Waals surface area contributed by atoms with Crippen LogP contribution in [0.4, 0.5) is 10.2 Å². The molecule has 7 nitrogen and oxygen atoms in total. The highest BCUT2D eigenvalue weighted by atomic mass is 35.5. The minimum atomic E-state index is -0.661. The molecule has 3 aromatic rings. The number of ether oxygens (including phenoxy) is 1. The Hall–Kier alpha value is -3.10. The lowest BCUT2D eigenvalue weighted by Gasteiger charge is -2.19. The van der Waals surface area contributed by atoms with Crippen LogP contribution in [-0.4, -0.2) is 38.7 Å². The van der Waals surface area contributed by atoms with E-state index in [9.17, 15) is 9.18 Å². The Morgan fingerprint density at radius 3 is 2.61 bits per heavy atom. The number of amides is 1. The fraction of sp³-hybridized carbons (Fsp3) is 0.346. The molecule has 192 valence electrons. The average Bonchev–Trinajstić information content (AvgIpc) is 3.50. The number of aromatic nitrogens is 3. The Morgan fingerprint density at radius 1 is 1.19 bits per heavy atom. The molecule has 1 saturated heterocycles. The van der Waals surface area contributed by atoms with Gasteiger partial charge in [-0.15, -0.1) is 0 Å². The predicted octanol–water partition coefficient (Wildman–Crippen LogP) is 6.32. The predicted molar refractivity (Wildman–Crippen MR) is 142 cm³/mol. The second-order valence-corrected chi connectivity index (χ2v) is 9.05. The number of halogens is 3. The van der Waals surface area contributed by atoms with Gasteiger partial charge in [-0.3, -0.25) is 9.48 Å². The maximum Gasteiger partial charge on any atom is 0.222 e. The number of carbonyl (C=O) groups is 1. The van der Waals surface area contributed by atoms with Crippen molar-refractivity contribution >= 4 is 34.9 Å². The van der Waals surface area contributed by atoms with Crippen LogP contribution in [0.1, 0.15) is 45.3 Å². The van der Waals surface area contributed by atoms with Crippen molar-refractivity contribution < 1.29 is 13.9 Å². The normalized spacial score (nSPS) is 14.2. The van der Waals surface area contributed by atoms with Gasteiger partial charge in [0.25, 0.3) is 0 Å². The summed E-state index contributed by atoms with van der Waals surface area (Å²) in [6.45, 7) is 7.73. The van der Waals surface area contributed by atoms with Gasteiger partial charge in [0.05, 0.1) is 17.8 Å². The molecular formula is C26H30Cl2FN5O2. The quantitative estimate of drug-likeness (QED) is 0.283. The molecule has 3 heterocycles. The van der Waals surface area contributed by atoms with Crippen LogP contribution in [0, 0.1) is 5.82 Å². The van der Waals surface area contributed by atoms with Gasteiger partial charge in [-0.25, -0.2) is 9.37 Å². The van der Waals surface area contributed by atoms with Gasteiger partial charge < -0.3 is 15.4 Å². The van der Waals surface area contributed by atoms with E-state index in [0.29, 0.717) is 35.8 Å². The van der Waals surface area contributed by atoms with Crippen molar-refractivity contribution in [3.05, 3.63) is 70.4 Å². The van der Waals surface area contributed by atoms with E-state index in [0.717, 1.165) is 24.1 Å². The number of hydrogen-bond donors (Lipinski definition) is 1. The summed E-state index contributed by atoms with van der Waals surface area (Å²) >= 11 is 12.3. The van der Waals surface area contributed by atoms with E-state index in [1.54, 1.807) is 30.1 Å². The zero-order valence-electron chi connectivity index (χ0n) is 20.5. The van der Waals surface area contributed by atoms with E-state index >= 15 is 0 Å². The fourth-order valence-electron chi connectivity index (χ4n) is 3.67. The zero-order valence-corrected chi connectivity index (χ0v) is 22.1. The summed E-state index contributed by atoms with van der Waals surface area (Å²) in [7, 11) is 0. The van der Waals surface area contributed by atoms with Gasteiger partial charge in [-0.2, -0.15) is 5.10 Å². The molecule has 2 N–H and O–H groups in total. The van der Waals surface area contributed by atoms with Crippen molar-refractivity contribution in [2.24, 2.45) is 0 Å². The average molecular weight is 534 g/mol. The molecule has 1 aliphatic heterocycles. The third kappa shape index (κ3) is 6.77. The second-order valence-electron chi connectivity index (χ2n) is 8.27. The van der Waals surface area contributed by atoms with Crippen LogP contribution < -0.4 is 10.5 Å². The van der Waals surface area contributed by atoms with Crippen LogP contribution >= 0.6 is 23.2 Å². The van der Waals surface area contributed by atoms with Crippen LogP contribution in [0.25, 0.3) is 11.1 Å². The van der Waals surface area contributed by atoms with Crippen LogP contribution in [-0.2, 0) is 11.3 Å². The lowest BCUT2D eigenvalue weighted by Crippen LogP contribution is -2.28. The van der Waals surface area contributed by atoms with Crippen molar-refractivity contribution in [1.29, 1.82) is 0 Å². The van der Waals surface area contributed by atoms with Crippen molar-refractivity contribution in [2.75, 3.05) is 18.8 Å². The van der Waals surface area contributed by atoms with Crippen LogP contribution in [0.3, 0.4) is 0 Å². The largest absolute Gasteiger partial charge is 0.482 e. The van der Waals surface area contributed by atoms with Crippen molar-refractivity contribution in [1.82, 2.24) is 19.7 Å². The Kier molecular flexibility index (Phi) is 9.73. The smallest absolute Gasteiger partial charge is 0.222 e. The first-order valence-corrected chi connectivity index (χ1v) is 12.4. The molecule has 36 heavy (non-hydrogen) atoms. The number of hydrogen-bond acceptors (Lipinski definition) is 5. The fourth-order valence-corrected chi connectivity index (χ4v) is 4.35. The Bertz CT molecular complexity index is 1230. The van der Waals surface area contributed by atoms with E-state index in [1.807, 2.05) is 37.1 Å². The summed E-state index contributed by atoms with van der Waals surface area (Å²) < 4.78 is 21.6. The van der Waals surface area contributed by atoms with Crippen LogP contribution in [0.2, 0.25) is 10.0 Å². The molecule has 0 radical (unpaired) electrons. The van der Waals surface area contributed by atoms with E-state index < -0.39 is 11.9 Å². The van der Waals surface area contributed by atoms with E-state index in [2.05, 4.69) is 10.1 Å². The van der Waals surface area contributed by atoms with Gasteiger partial charge in [-0.1, -0.05) is 35.4 Å². The molecule has 1 amide bonds. The van der Waals surface area contributed by atoms with Crippen LogP contribution in [0.5, 0.6) is 5.75 Å². The first-order chi connectivity index (χ1) is 17.2. The van der Waals surface area contributed by atoms with Gasteiger partial charge in [-0.05, 0) is 45.4 Å². The number of nitrogens with zero attached hydrogens (tertiary/aromatic N) is 4. The summed E-state index contributed by atoms with van der Waals surface area (Å²) in [5.74, 6) is 0.116. The summed E-state index contributed by atoms with van der Waals surface area (Å²) in [6.07, 6.45) is 10.1. The third-order valence-corrected chi connectivity index (χ3v) is 6.46. The summed E-state index contributed by atoms with van der Waals surface area (Å²) in [6, 6.07) is 4.38. The first-order valence-electron chi connectivity index (χ1n) is 11.7. The SMILES string of the molecule is C/C=C\C.CC(Oc1cc(-c2cnn(CCN3CCCC3=O)c2)cnc1N)c1c(Cl)ccc(F)c1Cl. The molecule has 10 heteroatoms. The second kappa shape index (κ2) is 12.7. The zero-order chi connectivity index (χ0) is 26.2. The Balaban J connectivity index is 0.000000840. The maximum atomic E-state index is 13.9. The highest BCUT2D eigenvalue weighted by Gasteiger charge is 2.21. The number of nitrogens with two attached hydrogens (primary N) is 1. The topological polar surface area (TPSA) is 86.3 Å².